The molecule has 0 aromatic heterocycles. The van der Waals surface area contributed by atoms with Gasteiger partial charge in [-0.2, -0.15) is 13.2 Å². The van der Waals surface area contributed by atoms with Crippen LogP contribution in [-0.2, 0) is 11.0 Å². The molecule has 2 aliphatic rings. The molecule has 0 spiro atoms. The van der Waals surface area contributed by atoms with E-state index in [1.807, 2.05) is 30.3 Å². The number of carbonyl (C=O) groups excluding carboxylic acids is 1. The normalized spacial score (nSPS) is 21.5. The van der Waals surface area contributed by atoms with E-state index in [-0.39, 0.29) is 23.8 Å². The predicted octanol–water partition coefficient (Wildman–Crippen LogP) is 6.53. The summed E-state index contributed by atoms with van der Waals surface area (Å²) in [6.07, 6.45) is 4.09. The Morgan fingerprint density at radius 3 is 2.55 bits per heavy atom. The van der Waals surface area contributed by atoms with Gasteiger partial charge in [0, 0.05) is 17.7 Å². The quantitative estimate of drug-likeness (QED) is 0.515. The van der Waals surface area contributed by atoms with E-state index >= 15 is 0 Å². The highest BCUT2D eigenvalue weighted by Gasteiger charge is 2.32. The summed E-state index contributed by atoms with van der Waals surface area (Å²) in [6.45, 7) is 0. The number of carbonyl (C=O) groups is 1. The van der Waals surface area contributed by atoms with Crippen molar-refractivity contribution in [3.8, 4) is 0 Å². The molecule has 0 fully saturated rings. The molecular formula is C25H19F4NO. The number of aliphatic imine (C=N–C) groups is 1. The first-order valence-corrected chi connectivity index (χ1v) is 9.90. The van der Waals surface area contributed by atoms with Gasteiger partial charge in [-0.15, -0.1) is 0 Å². The fourth-order valence-electron chi connectivity index (χ4n) is 3.89. The maximum Gasteiger partial charge on any atom is 0.416 e. The monoisotopic (exact) mass is 425 g/mol. The van der Waals surface area contributed by atoms with Crippen LogP contribution in [0.3, 0.4) is 0 Å². The minimum Gasteiger partial charge on any atom is -0.289 e. The van der Waals surface area contributed by atoms with Gasteiger partial charge >= 0.3 is 6.18 Å². The van der Waals surface area contributed by atoms with E-state index in [0.717, 1.165) is 29.3 Å². The second-order valence-corrected chi connectivity index (χ2v) is 7.54. The van der Waals surface area contributed by atoms with Crippen molar-refractivity contribution in [2.45, 2.75) is 31.0 Å². The van der Waals surface area contributed by atoms with Crippen molar-refractivity contribution in [3.05, 3.63) is 106 Å². The third-order valence-electron chi connectivity index (χ3n) is 5.50. The molecule has 4 rings (SSSR count). The molecule has 6 heteroatoms. The van der Waals surface area contributed by atoms with Crippen molar-refractivity contribution in [1.82, 2.24) is 0 Å². The van der Waals surface area contributed by atoms with Gasteiger partial charge < -0.3 is 0 Å². The number of allylic oxidation sites excluding steroid dienone is 5. The van der Waals surface area contributed by atoms with E-state index in [1.54, 1.807) is 24.4 Å². The van der Waals surface area contributed by atoms with E-state index in [9.17, 15) is 22.4 Å². The maximum atomic E-state index is 14.5. The van der Waals surface area contributed by atoms with Crippen LogP contribution < -0.4 is 0 Å². The van der Waals surface area contributed by atoms with Gasteiger partial charge in [-0.3, -0.25) is 9.79 Å². The third-order valence-corrected chi connectivity index (χ3v) is 5.50. The van der Waals surface area contributed by atoms with Crippen LogP contribution >= 0.6 is 0 Å². The first-order valence-electron chi connectivity index (χ1n) is 9.90. The van der Waals surface area contributed by atoms with Crippen LogP contribution in [0.2, 0.25) is 0 Å². The Kier molecular flexibility index (Phi) is 5.72. The number of benzene rings is 2. The fourth-order valence-corrected chi connectivity index (χ4v) is 3.89. The topological polar surface area (TPSA) is 29.4 Å². The second-order valence-electron chi connectivity index (χ2n) is 7.54. The molecule has 0 amide bonds. The molecule has 2 aromatic carbocycles. The number of rotatable bonds is 3. The Labute approximate surface area is 177 Å². The minimum atomic E-state index is -4.57. The van der Waals surface area contributed by atoms with Crippen LogP contribution in [0.5, 0.6) is 0 Å². The molecular weight excluding hydrogens is 406 g/mol. The van der Waals surface area contributed by atoms with Gasteiger partial charge in [0.2, 0.25) is 0 Å². The van der Waals surface area contributed by atoms with Crippen molar-refractivity contribution < 1.29 is 22.4 Å². The maximum absolute atomic E-state index is 14.5. The first-order chi connectivity index (χ1) is 14.8. The summed E-state index contributed by atoms with van der Waals surface area (Å²) in [5, 5.41) is 0. The van der Waals surface area contributed by atoms with Gasteiger partial charge in [0.25, 0.3) is 0 Å². The molecule has 31 heavy (non-hydrogen) atoms. The molecule has 1 aliphatic carbocycles. The largest absolute Gasteiger partial charge is 0.416 e. The molecule has 0 N–H and O–H groups in total. The number of nitrogens with zero attached hydrogens (tertiary/aromatic N) is 1. The van der Waals surface area contributed by atoms with Gasteiger partial charge in [-0.1, -0.05) is 42.5 Å². The molecule has 0 saturated carbocycles. The van der Waals surface area contributed by atoms with E-state index in [2.05, 4.69) is 4.99 Å². The summed E-state index contributed by atoms with van der Waals surface area (Å²) in [5.41, 5.74) is 1.13. The van der Waals surface area contributed by atoms with Gasteiger partial charge in [0.05, 0.1) is 11.6 Å². The van der Waals surface area contributed by atoms with Crippen LogP contribution in [0.25, 0.3) is 0 Å². The lowest BCUT2D eigenvalue weighted by molar-refractivity contribution is -0.137. The van der Waals surface area contributed by atoms with Gasteiger partial charge in [-0.05, 0) is 59.9 Å². The second kappa shape index (κ2) is 8.46. The molecule has 0 bridgehead atoms. The Balaban J connectivity index is 1.70. The van der Waals surface area contributed by atoms with Gasteiger partial charge in [0.15, 0.2) is 5.78 Å². The Morgan fingerprint density at radius 1 is 1.03 bits per heavy atom. The number of dihydropyridines is 1. The number of hydrogen-bond acceptors (Lipinski definition) is 2. The first kappa shape index (κ1) is 21.0. The van der Waals surface area contributed by atoms with Crippen molar-refractivity contribution in [2.75, 3.05) is 0 Å². The Hall–Kier alpha value is -3.28. The number of alkyl halides is 3. The Bertz CT molecular complexity index is 1110. The summed E-state index contributed by atoms with van der Waals surface area (Å²) < 4.78 is 53.9. The van der Waals surface area contributed by atoms with Crippen molar-refractivity contribution in [3.63, 3.8) is 0 Å². The summed E-state index contributed by atoms with van der Waals surface area (Å²) in [7, 11) is 0. The van der Waals surface area contributed by atoms with Crippen LogP contribution in [-0.4, -0.2) is 12.0 Å². The predicted molar refractivity (Wildman–Crippen MR) is 111 cm³/mol. The zero-order valence-corrected chi connectivity index (χ0v) is 16.4. The lowest BCUT2D eigenvalue weighted by atomic mass is 9.87. The van der Waals surface area contributed by atoms with Crippen LogP contribution in [0, 0.1) is 5.82 Å². The summed E-state index contributed by atoms with van der Waals surface area (Å²) in [5.74, 6) is -1.66. The summed E-state index contributed by atoms with van der Waals surface area (Å²) >= 11 is 0. The highest BCUT2D eigenvalue weighted by atomic mass is 19.4. The average Bonchev–Trinajstić information content (AvgIpc) is 2.95. The SMILES string of the molecule is O=C1C=CCC(c2cc(C(F)(F)F)ccc2F)C=C1C1=CC=NC(c2ccccc2)C1. The minimum absolute atomic E-state index is 0.0728. The lowest BCUT2D eigenvalue weighted by Crippen LogP contribution is -2.11. The molecule has 0 saturated heterocycles. The summed E-state index contributed by atoms with van der Waals surface area (Å²) in [6, 6.07) is 11.9. The van der Waals surface area contributed by atoms with Gasteiger partial charge in [0.1, 0.15) is 5.82 Å². The fraction of sp³-hybridized carbons (Fsp3) is 0.200. The average molecular weight is 425 g/mol. The van der Waals surface area contributed by atoms with Gasteiger partial charge in [-0.25, -0.2) is 4.39 Å². The standard InChI is InChI=1S/C25H19F4NO/c26-22-10-9-19(25(27,28)29)15-20(22)17-7-4-8-24(31)21(13-17)18-11-12-30-23(14-18)16-5-2-1-3-6-16/h1-6,8-13,15,17,23H,7,14H2. The molecule has 2 aromatic rings. The molecule has 1 aliphatic heterocycles. The molecule has 2 atom stereocenters. The van der Waals surface area contributed by atoms with E-state index in [0.29, 0.717) is 12.0 Å². The van der Waals surface area contributed by atoms with E-state index < -0.39 is 23.5 Å². The molecule has 158 valence electrons. The number of halogens is 4. The number of hydrogen-bond donors (Lipinski definition) is 0. The van der Waals surface area contributed by atoms with E-state index in [1.165, 1.54) is 6.08 Å². The van der Waals surface area contributed by atoms with Crippen LogP contribution in [0.15, 0.2) is 89.0 Å². The molecule has 0 radical (unpaired) electrons. The van der Waals surface area contributed by atoms with E-state index in [4.69, 9.17) is 0 Å². The molecule has 2 nitrogen and oxygen atoms in total. The number of ketones is 1. The molecule has 1 heterocycles. The lowest BCUT2D eigenvalue weighted by Gasteiger charge is -2.21. The summed E-state index contributed by atoms with van der Waals surface area (Å²) in [4.78, 5) is 17.2. The van der Waals surface area contributed by atoms with Crippen LogP contribution in [0.1, 0.15) is 41.5 Å². The highest BCUT2D eigenvalue weighted by molar-refractivity contribution is 6.08. The smallest absolute Gasteiger partial charge is 0.289 e. The highest BCUT2D eigenvalue weighted by Crippen LogP contribution is 2.37. The zero-order chi connectivity index (χ0) is 22.0. The van der Waals surface area contributed by atoms with Crippen molar-refractivity contribution >= 4 is 12.0 Å². The van der Waals surface area contributed by atoms with Crippen molar-refractivity contribution in [1.29, 1.82) is 0 Å². The third kappa shape index (κ3) is 4.58. The van der Waals surface area contributed by atoms with Crippen molar-refractivity contribution in [2.24, 2.45) is 4.99 Å². The Morgan fingerprint density at radius 2 is 1.81 bits per heavy atom. The van der Waals surface area contributed by atoms with Crippen LogP contribution in [0.4, 0.5) is 17.6 Å². The zero-order valence-electron chi connectivity index (χ0n) is 16.4. The molecule has 2 unspecified atom stereocenters.